The first-order valence-corrected chi connectivity index (χ1v) is 12.3. The van der Waals surface area contributed by atoms with Gasteiger partial charge in [-0.2, -0.15) is 5.10 Å². The Morgan fingerprint density at radius 2 is 2.06 bits per heavy atom. The summed E-state index contributed by atoms with van der Waals surface area (Å²) in [6.07, 6.45) is 7.90. The average molecular weight is 496 g/mol. The largest absolute Gasteiger partial charge is 0.496 e. The molecule has 0 saturated carbocycles. The standard InChI is InChI=1S/C26H33N5O5/c1-3-4-13-36-22-14-18(8-9-21(22)31-12-6-11-28-31)17(2)29-25(34)23(32)24(33)26(35)30-15-19-7-5-10-27-20(19)16-30/h5-8,10-12,14,17,21,23-24,32-33H,3-4,9,13,15-16H2,1-2H3,(H,29,34)/t17-,21?,23-,24-/m1/s1. The van der Waals surface area contributed by atoms with E-state index in [4.69, 9.17) is 4.74 Å². The number of carbonyl (C=O) groups excluding carboxylic acids is 2. The molecule has 1 unspecified atom stereocenters. The van der Waals surface area contributed by atoms with Gasteiger partial charge in [-0.3, -0.25) is 19.3 Å². The molecule has 4 rings (SSSR count). The molecule has 0 spiro atoms. The van der Waals surface area contributed by atoms with E-state index >= 15 is 0 Å². The molecule has 36 heavy (non-hydrogen) atoms. The van der Waals surface area contributed by atoms with Crippen LogP contribution in [0.15, 0.2) is 60.3 Å². The maximum atomic E-state index is 12.7. The molecule has 1 aliphatic carbocycles. The number of fused-ring (bicyclic) bond motifs is 1. The normalized spacial score (nSPS) is 19.6. The van der Waals surface area contributed by atoms with Crippen LogP contribution < -0.4 is 5.32 Å². The fourth-order valence-corrected chi connectivity index (χ4v) is 4.36. The molecule has 2 aromatic heterocycles. The first-order valence-electron chi connectivity index (χ1n) is 12.3. The third-order valence-electron chi connectivity index (χ3n) is 6.50. The lowest BCUT2D eigenvalue weighted by Crippen LogP contribution is -2.51. The van der Waals surface area contributed by atoms with Crippen molar-refractivity contribution in [1.29, 1.82) is 0 Å². The van der Waals surface area contributed by atoms with Crippen LogP contribution >= 0.6 is 0 Å². The highest BCUT2D eigenvalue weighted by atomic mass is 16.5. The van der Waals surface area contributed by atoms with Gasteiger partial charge in [0, 0.05) is 25.1 Å². The zero-order chi connectivity index (χ0) is 25.7. The molecule has 0 bridgehead atoms. The van der Waals surface area contributed by atoms with E-state index in [-0.39, 0.29) is 19.1 Å². The maximum Gasteiger partial charge on any atom is 0.255 e. The predicted octanol–water partition coefficient (Wildman–Crippen LogP) is 1.62. The monoisotopic (exact) mass is 495 g/mol. The summed E-state index contributed by atoms with van der Waals surface area (Å²) in [5, 5.41) is 27.9. The lowest BCUT2D eigenvalue weighted by molar-refractivity contribution is -0.153. The van der Waals surface area contributed by atoms with Crippen molar-refractivity contribution in [3.63, 3.8) is 0 Å². The summed E-state index contributed by atoms with van der Waals surface area (Å²) < 4.78 is 7.89. The zero-order valence-electron chi connectivity index (χ0n) is 20.6. The molecular weight excluding hydrogens is 462 g/mol. The second-order valence-electron chi connectivity index (χ2n) is 9.11. The lowest BCUT2D eigenvalue weighted by atomic mass is 9.96. The Balaban J connectivity index is 1.37. The number of amides is 2. The average Bonchev–Trinajstić information content (AvgIpc) is 3.57. The molecule has 4 atom stereocenters. The number of allylic oxidation sites excluding steroid dienone is 2. The highest BCUT2D eigenvalue weighted by molar-refractivity contribution is 5.91. The highest BCUT2D eigenvalue weighted by Crippen LogP contribution is 2.30. The Bertz CT molecular complexity index is 1100. The van der Waals surface area contributed by atoms with E-state index in [0.29, 0.717) is 13.0 Å². The van der Waals surface area contributed by atoms with Crippen LogP contribution in [0.25, 0.3) is 0 Å². The molecule has 0 aromatic carbocycles. The van der Waals surface area contributed by atoms with Crippen LogP contribution in [0.5, 0.6) is 0 Å². The van der Waals surface area contributed by atoms with Crippen molar-refractivity contribution in [2.45, 2.75) is 70.5 Å². The zero-order valence-corrected chi connectivity index (χ0v) is 20.6. The fraction of sp³-hybridized carbons (Fsp3) is 0.462. The number of nitrogens with zero attached hydrogens (tertiary/aromatic N) is 4. The summed E-state index contributed by atoms with van der Waals surface area (Å²) in [6.45, 7) is 4.96. The van der Waals surface area contributed by atoms with Gasteiger partial charge in [-0.05, 0) is 49.1 Å². The molecule has 3 N–H and O–H groups in total. The van der Waals surface area contributed by atoms with Crippen molar-refractivity contribution in [3.05, 3.63) is 71.5 Å². The second kappa shape index (κ2) is 11.5. The highest BCUT2D eigenvalue weighted by Gasteiger charge is 2.36. The van der Waals surface area contributed by atoms with Gasteiger partial charge < -0.3 is 25.2 Å². The molecule has 2 amide bonds. The SMILES string of the molecule is CCCCOC1=CC([C@@H](C)NC(=O)[C@H](O)[C@@H](O)C(=O)N2Cc3cccnc3C2)=CCC1n1cccn1. The molecule has 0 saturated heterocycles. The summed E-state index contributed by atoms with van der Waals surface area (Å²) >= 11 is 0. The van der Waals surface area contributed by atoms with Gasteiger partial charge in [0.15, 0.2) is 12.2 Å². The van der Waals surface area contributed by atoms with Crippen LogP contribution in [-0.4, -0.2) is 66.5 Å². The topological polar surface area (TPSA) is 130 Å². The van der Waals surface area contributed by atoms with Crippen LogP contribution in [-0.2, 0) is 27.4 Å². The summed E-state index contributed by atoms with van der Waals surface area (Å²) in [5.41, 5.74) is 2.44. The summed E-state index contributed by atoms with van der Waals surface area (Å²) in [4.78, 5) is 31.1. The van der Waals surface area contributed by atoms with E-state index in [1.807, 2.05) is 35.2 Å². The number of hydrogen-bond acceptors (Lipinski definition) is 7. The van der Waals surface area contributed by atoms with Crippen LogP contribution in [0.4, 0.5) is 0 Å². The lowest BCUT2D eigenvalue weighted by Gasteiger charge is -2.28. The van der Waals surface area contributed by atoms with Gasteiger partial charge in [0.25, 0.3) is 11.8 Å². The number of aliphatic hydroxyl groups excluding tert-OH is 2. The minimum atomic E-state index is -1.90. The number of unbranched alkanes of at least 4 members (excludes halogenated alkanes) is 1. The predicted molar refractivity (Wildman–Crippen MR) is 131 cm³/mol. The number of pyridine rings is 1. The number of nitrogens with one attached hydrogen (secondary N) is 1. The van der Waals surface area contributed by atoms with Gasteiger partial charge in [0.1, 0.15) is 11.8 Å². The smallest absolute Gasteiger partial charge is 0.255 e. The number of aromatic nitrogens is 3. The van der Waals surface area contributed by atoms with Gasteiger partial charge >= 0.3 is 0 Å². The molecule has 1 aliphatic heterocycles. The van der Waals surface area contributed by atoms with Gasteiger partial charge in [0.05, 0.1) is 24.9 Å². The third kappa shape index (κ3) is 5.66. The summed E-state index contributed by atoms with van der Waals surface area (Å²) in [7, 11) is 0. The van der Waals surface area contributed by atoms with Crippen LogP contribution in [0.3, 0.4) is 0 Å². The van der Waals surface area contributed by atoms with Gasteiger partial charge in [0.2, 0.25) is 0 Å². The Kier molecular flexibility index (Phi) is 8.17. The number of ether oxygens (including phenoxy) is 1. The minimum Gasteiger partial charge on any atom is -0.496 e. The van der Waals surface area contributed by atoms with Crippen molar-refractivity contribution < 1.29 is 24.5 Å². The van der Waals surface area contributed by atoms with Crippen molar-refractivity contribution in [3.8, 4) is 0 Å². The molecule has 2 aliphatic rings. The van der Waals surface area contributed by atoms with Crippen LogP contribution in [0, 0.1) is 0 Å². The molecule has 10 heteroatoms. The van der Waals surface area contributed by atoms with Crippen LogP contribution in [0.1, 0.15) is 50.4 Å². The number of carbonyl (C=O) groups is 2. The molecule has 3 heterocycles. The van der Waals surface area contributed by atoms with Gasteiger partial charge in [-0.15, -0.1) is 0 Å². The number of hydrogen-bond donors (Lipinski definition) is 3. The molecule has 0 fully saturated rings. The van der Waals surface area contributed by atoms with E-state index in [1.165, 1.54) is 4.90 Å². The Labute approximate surface area is 210 Å². The van der Waals surface area contributed by atoms with Gasteiger partial charge in [-0.25, -0.2) is 0 Å². The van der Waals surface area contributed by atoms with Crippen molar-refractivity contribution >= 4 is 11.8 Å². The quantitative estimate of drug-likeness (QED) is 0.427. The Morgan fingerprint density at radius 3 is 2.78 bits per heavy atom. The van der Waals surface area contributed by atoms with Crippen molar-refractivity contribution in [2.24, 2.45) is 0 Å². The second-order valence-corrected chi connectivity index (χ2v) is 9.11. The molecule has 192 valence electrons. The molecular formula is C26H33N5O5. The van der Waals surface area contributed by atoms with E-state index < -0.39 is 30.1 Å². The van der Waals surface area contributed by atoms with E-state index in [0.717, 1.165) is 35.4 Å². The van der Waals surface area contributed by atoms with Crippen molar-refractivity contribution in [1.82, 2.24) is 25.0 Å². The number of rotatable bonds is 10. The van der Waals surface area contributed by atoms with E-state index in [1.54, 1.807) is 25.4 Å². The summed E-state index contributed by atoms with van der Waals surface area (Å²) in [5.74, 6) is -0.785. The minimum absolute atomic E-state index is 0.0763. The fourth-order valence-electron chi connectivity index (χ4n) is 4.36. The molecule has 10 nitrogen and oxygen atoms in total. The Hall–Kier alpha value is -3.50. The maximum absolute atomic E-state index is 12.7. The summed E-state index contributed by atoms with van der Waals surface area (Å²) in [6, 6.07) is 4.94. The Morgan fingerprint density at radius 1 is 1.22 bits per heavy atom. The van der Waals surface area contributed by atoms with Crippen LogP contribution in [0.2, 0.25) is 0 Å². The first kappa shape index (κ1) is 25.6. The van der Waals surface area contributed by atoms with Gasteiger partial charge in [-0.1, -0.05) is 25.5 Å². The van der Waals surface area contributed by atoms with Crippen molar-refractivity contribution in [2.75, 3.05) is 6.61 Å². The van der Waals surface area contributed by atoms with E-state index in [2.05, 4.69) is 22.3 Å². The molecule has 0 radical (unpaired) electrons. The third-order valence-corrected chi connectivity index (χ3v) is 6.50. The molecule has 2 aromatic rings. The van der Waals surface area contributed by atoms with E-state index in [9.17, 15) is 19.8 Å². The number of aliphatic hydroxyl groups is 2. The first-order chi connectivity index (χ1) is 17.4.